The summed E-state index contributed by atoms with van der Waals surface area (Å²) < 4.78 is 12.8. The molecule has 1 aliphatic rings. The van der Waals surface area contributed by atoms with Crippen molar-refractivity contribution in [3.63, 3.8) is 0 Å². The van der Waals surface area contributed by atoms with Crippen molar-refractivity contribution in [3.8, 4) is 12.8 Å². The number of carbonyl (C=O) groups excluding carboxylic acids is 1. The molecule has 0 atom stereocenters. The van der Waals surface area contributed by atoms with Gasteiger partial charge in [0.2, 0.25) is 5.91 Å². The number of aryl methyl sites for hydroxylation is 4. The highest BCUT2D eigenvalue weighted by Crippen LogP contribution is 2.26. The van der Waals surface area contributed by atoms with E-state index in [4.69, 9.17) is 17.3 Å². The zero-order valence-corrected chi connectivity index (χ0v) is 33.0. The van der Waals surface area contributed by atoms with Crippen LogP contribution in [-0.4, -0.2) is 35.4 Å². The zero-order valence-electron chi connectivity index (χ0n) is 32.3. The van der Waals surface area contributed by atoms with Crippen LogP contribution in [0.3, 0.4) is 0 Å². The number of pyridine rings is 1. The van der Waals surface area contributed by atoms with E-state index in [1.54, 1.807) is 30.5 Å². The van der Waals surface area contributed by atoms with E-state index in [9.17, 15) is 9.18 Å². The summed E-state index contributed by atoms with van der Waals surface area (Å²) in [7, 11) is 0. The number of primary amides is 1. The first-order valence-electron chi connectivity index (χ1n) is 17.8. The third-order valence-corrected chi connectivity index (χ3v) is 7.97. The molecule has 276 valence electrons. The Morgan fingerprint density at radius 3 is 2.14 bits per heavy atom. The van der Waals surface area contributed by atoms with Gasteiger partial charge in [-0.1, -0.05) is 83.0 Å². The second-order valence-corrected chi connectivity index (χ2v) is 12.1. The number of likely N-dealkylation sites (tertiary alicyclic amines) is 1. The minimum absolute atomic E-state index is 0.213. The van der Waals surface area contributed by atoms with Crippen molar-refractivity contribution in [2.45, 2.75) is 107 Å². The monoisotopic (exact) mass is 706 g/mol. The topological polar surface area (TPSA) is 71.2 Å². The first kappa shape index (κ1) is 48.2. The quantitative estimate of drug-likeness (QED) is 0.217. The summed E-state index contributed by atoms with van der Waals surface area (Å²) in [6.07, 6.45) is 18.6. The maximum absolute atomic E-state index is 12.8. The van der Waals surface area contributed by atoms with Gasteiger partial charge in [0.25, 0.3) is 0 Å². The molecular weight excluding hydrogens is 643 g/mol. The molecule has 1 fully saturated rings. The van der Waals surface area contributed by atoms with Crippen LogP contribution in [0.5, 0.6) is 0 Å². The lowest BCUT2D eigenvalue weighted by molar-refractivity contribution is 0.1000. The molecule has 3 aromatic rings. The number of terminal acetylenes is 1. The van der Waals surface area contributed by atoms with Gasteiger partial charge < -0.3 is 16.0 Å². The molecule has 1 amide bonds. The van der Waals surface area contributed by atoms with Gasteiger partial charge in [0.15, 0.2) is 0 Å². The highest BCUT2D eigenvalue weighted by molar-refractivity contribution is 6.30. The number of nitrogens with one attached hydrogen (secondary N) is 1. The molecule has 1 aliphatic heterocycles. The lowest BCUT2D eigenvalue weighted by Gasteiger charge is -2.31. The third-order valence-electron chi connectivity index (χ3n) is 7.73. The summed E-state index contributed by atoms with van der Waals surface area (Å²) in [6.45, 7) is 25.8. The van der Waals surface area contributed by atoms with E-state index in [2.05, 4.69) is 80.5 Å². The Morgan fingerprint density at radius 1 is 1.02 bits per heavy atom. The Kier molecular flexibility index (Phi) is 28.9. The van der Waals surface area contributed by atoms with E-state index in [0.29, 0.717) is 28.5 Å². The van der Waals surface area contributed by atoms with Gasteiger partial charge >= 0.3 is 0 Å². The molecule has 2 heterocycles. The molecule has 5 nitrogen and oxygen atoms in total. The minimum atomic E-state index is -0.367. The van der Waals surface area contributed by atoms with Crippen molar-refractivity contribution in [2.75, 3.05) is 19.6 Å². The Balaban J connectivity index is 0. The standard InChI is InChI=1S/C14H22N2.C9H11NO.C8H8ClF.C8H15N.C2H6.C2H2/c1-3-9-16-10-7-13(8-11-16)14-6-4-5-12(2)15-14;1-6-3-4-8(9(10)11)5-7(6)2;1-2-6-3-4-7(9)5-8(6)10;1-4-6-8(3)7-9-5-2;2*1-2/h4-6,13H,3,7-11H2,1-2H3;3-5H,1-2H3,(H2,10,11);3-5H,2H2,1H3;5,7,9H,2,4,6H2,1,3H3;1-2H3;1-2H/b;;;8-7+;;. The molecule has 0 bridgehead atoms. The van der Waals surface area contributed by atoms with Crippen LogP contribution in [0.1, 0.15) is 118 Å². The number of benzene rings is 2. The smallest absolute Gasteiger partial charge is 0.248 e. The summed E-state index contributed by atoms with van der Waals surface area (Å²) in [5.41, 5.74) is 12.5. The second-order valence-electron chi connectivity index (χ2n) is 11.7. The van der Waals surface area contributed by atoms with Gasteiger partial charge in [0, 0.05) is 27.9 Å². The Hall–Kier alpha value is -3.92. The van der Waals surface area contributed by atoms with E-state index in [0.717, 1.165) is 11.3 Å². The molecule has 0 spiro atoms. The van der Waals surface area contributed by atoms with Gasteiger partial charge in [-0.25, -0.2) is 4.39 Å². The first-order chi connectivity index (χ1) is 23.9. The number of halogens is 2. The summed E-state index contributed by atoms with van der Waals surface area (Å²) in [5.74, 6) is 0.108. The first-order valence-corrected chi connectivity index (χ1v) is 18.2. The van der Waals surface area contributed by atoms with Gasteiger partial charge in [-0.05, 0) is 145 Å². The molecular formula is C43H64ClFN4O. The van der Waals surface area contributed by atoms with Crippen molar-refractivity contribution in [3.05, 3.63) is 124 Å². The number of carbonyl (C=O) groups is 1. The van der Waals surface area contributed by atoms with Crippen LogP contribution in [0.15, 0.2) is 79.1 Å². The summed E-state index contributed by atoms with van der Waals surface area (Å²) in [5, 5.41) is 3.39. The predicted octanol–water partition coefficient (Wildman–Crippen LogP) is 11.1. The van der Waals surface area contributed by atoms with Gasteiger partial charge in [-0.3, -0.25) is 9.78 Å². The van der Waals surface area contributed by atoms with Crippen molar-refractivity contribution in [2.24, 2.45) is 5.73 Å². The highest BCUT2D eigenvalue weighted by atomic mass is 35.5. The number of nitrogens with zero attached hydrogens (tertiary/aromatic N) is 2. The lowest BCUT2D eigenvalue weighted by atomic mass is 9.93. The van der Waals surface area contributed by atoms with Crippen molar-refractivity contribution < 1.29 is 9.18 Å². The third kappa shape index (κ3) is 21.2. The molecule has 1 saturated heterocycles. The minimum Gasteiger partial charge on any atom is -0.368 e. The van der Waals surface area contributed by atoms with Gasteiger partial charge in [0.05, 0.1) is 0 Å². The number of rotatable bonds is 9. The van der Waals surface area contributed by atoms with E-state index < -0.39 is 0 Å². The number of allylic oxidation sites excluding steroid dienone is 1. The molecule has 7 heteroatoms. The van der Waals surface area contributed by atoms with Crippen molar-refractivity contribution in [1.82, 2.24) is 15.2 Å². The summed E-state index contributed by atoms with van der Waals surface area (Å²) in [4.78, 5) is 17.9. The van der Waals surface area contributed by atoms with Crippen LogP contribution in [0.25, 0.3) is 0 Å². The Labute approximate surface area is 309 Å². The van der Waals surface area contributed by atoms with Gasteiger partial charge in [0.1, 0.15) is 5.82 Å². The maximum Gasteiger partial charge on any atom is 0.248 e. The van der Waals surface area contributed by atoms with Crippen molar-refractivity contribution in [1.29, 1.82) is 0 Å². The number of piperidine rings is 1. The highest BCUT2D eigenvalue weighted by Gasteiger charge is 2.20. The fraction of sp³-hybridized carbons (Fsp3) is 0.442. The molecule has 1 aromatic heterocycles. The van der Waals surface area contributed by atoms with Crippen LogP contribution < -0.4 is 11.1 Å². The van der Waals surface area contributed by atoms with E-state index in [1.807, 2.05) is 46.9 Å². The Bertz CT molecular complexity index is 1410. The van der Waals surface area contributed by atoms with E-state index in [-0.39, 0.29) is 11.7 Å². The SMILES string of the molecule is C#C.C=CN/C=C(\C)CCC.CC.CCCN1CCC(c2cccc(C)n2)CC1.CCc1ccc(Cl)cc1F.Cc1ccc(C(N)=O)cc1C. The van der Waals surface area contributed by atoms with Crippen molar-refractivity contribution >= 4 is 17.5 Å². The molecule has 0 aliphatic carbocycles. The number of aromatic nitrogens is 1. The second kappa shape index (κ2) is 29.9. The molecule has 0 saturated carbocycles. The molecule has 4 rings (SSSR count). The number of hydrogen-bond donors (Lipinski definition) is 2. The molecule has 0 unspecified atom stereocenters. The normalized spacial score (nSPS) is 12.3. The molecule has 50 heavy (non-hydrogen) atoms. The van der Waals surface area contributed by atoms with Crippen LogP contribution in [0.4, 0.5) is 4.39 Å². The summed E-state index contributed by atoms with van der Waals surface area (Å²) >= 11 is 5.53. The van der Waals surface area contributed by atoms with E-state index in [1.165, 1.54) is 74.6 Å². The van der Waals surface area contributed by atoms with Crippen LogP contribution in [-0.2, 0) is 6.42 Å². The molecule has 0 radical (unpaired) electrons. The number of nitrogens with two attached hydrogens (primary N) is 1. The van der Waals surface area contributed by atoms with Crippen LogP contribution >= 0.6 is 11.6 Å². The maximum atomic E-state index is 12.8. The fourth-order valence-corrected chi connectivity index (χ4v) is 5.09. The predicted molar refractivity (Wildman–Crippen MR) is 216 cm³/mol. The molecule has 2 aromatic carbocycles. The number of amides is 1. The number of hydrogen-bond acceptors (Lipinski definition) is 4. The van der Waals surface area contributed by atoms with Gasteiger partial charge in [-0.2, -0.15) is 0 Å². The lowest BCUT2D eigenvalue weighted by Crippen LogP contribution is -2.33. The fourth-order valence-electron chi connectivity index (χ4n) is 4.93. The molecule has 3 N–H and O–H groups in total. The largest absolute Gasteiger partial charge is 0.368 e. The summed E-state index contributed by atoms with van der Waals surface area (Å²) in [6, 6.07) is 16.6. The van der Waals surface area contributed by atoms with Gasteiger partial charge in [-0.15, -0.1) is 12.8 Å². The van der Waals surface area contributed by atoms with Crippen LogP contribution in [0.2, 0.25) is 5.02 Å². The average molecular weight is 707 g/mol. The van der Waals surface area contributed by atoms with Crippen LogP contribution in [0, 0.1) is 39.4 Å². The Morgan fingerprint density at radius 2 is 1.66 bits per heavy atom. The van der Waals surface area contributed by atoms with E-state index >= 15 is 0 Å². The average Bonchev–Trinajstić information content (AvgIpc) is 3.12. The zero-order chi connectivity index (χ0) is 38.5.